The van der Waals surface area contributed by atoms with E-state index >= 15 is 0 Å². The maximum atomic E-state index is 13.2. The van der Waals surface area contributed by atoms with E-state index in [1.807, 2.05) is 61.5 Å². The number of aromatic nitrogens is 2. The third-order valence-corrected chi connectivity index (χ3v) is 5.52. The van der Waals surface area contributed by atoms with Gasteiger partial charge in [0.1, 0.15) is 0 Å². The summed E-state index contributed by atoms with van der Waals surface area (Å²) in [6.07, 6.45) is 0.813. The molecule has 38 heavy (non-hydrogen) atoms. The summed E-state index contributed by atoms with van der Waals surface area (Å²) >= 11 is 0. The Labute approximate surface area is 216 Å². The van der Waals surface area contributed by atoms with E-state index < -0.39 is 24.8 Å². The predicted molar refractivity (Wildman–Crippen MR) is 135 cm³/mol. The average molecular weight is 517 g/mol. The van der Waals surface area contributed by atoms with Gasteiger partial charge in [-0.1, -0.05) is 48.0 Å². The van der Waals surface area contributed by atoms with Gasteiger partial charge in [0, 0.05) is 35.2 Å². The van der Waals surface area contributed by atoms with Gasteiger partial charge < -0.3 is 19.5 Å². The smallest absolute Gasteiger partial charge is 0.452 e. The fourth-order valence-corrected chi connectivity index (χ4v) is 3.72. The van der Waals surface area contributed by atoms with Crippen LogP contribution in [0.15, 0.2) is 85.1 Å². The third-order valence-electron chi connectivity index (χ3n) is 5.52. The molecule has 4 aromatic rings. The Morgan fingerprint density at radius 3 is 2.53 bits per heavy atom. The molecule has 0 bridgehead atoms. The van der Waals surface area contributed by atoms with Gasteiger partial charge in [-0.25, -0.2) is 9.48 Å². The van der Waals surface area contributed by atoms with E-state index in [1.54, 1.807) is 17.0 Å². The first-order chi connectivity index (χ1) is 18.3. The van der Waals surface area contributed by atoms with Crippen molar-refractivity contribution in [2.24, 2.45) is 0 Å². The lowest BCUT2D eigenvalue weighted by molar-refractivity contribution is -0.286. The quantitative estimate of drug-likeness (QED) is 0.262. The number of hydrogen-bond donors (Lipinski definition) is 1. The van der Waals surface area contributed by atoms with E-state index in [9.17, 15) is 18.4 Å². The van der Waals surface area contributed by atoms with Crippen LogP contribution in [0.4, 0.5) is 14.5 Å². The Morgan fingerprint density at radius 1 is 1.03 bits per heavy atom. The molecular weight excluding hydrogens is 496 g/mol. The van der Waals surface area contributed by atoms with E-state index in [1.165, 1.54) is 24.3 Å². The summed E-state index contributed by atoms with van der Waals surface area (Å²) in [5.41, 5.74) is 4.36. The minimum absolute atomic E-state index is 0.148. The Morgan fingerprint density at radius 2 is 1.76 bits per heavy atom. The Balaban J connectivity index is 1.24. The van der Waals surface area contributed by atoms with Gasteiger partial charge in [-0.2, -0.15) is 5.10 Å². The van der Waals surface area contributed by atoms with Gasteiger partial charge in [-0.05, 0) is 37.3 Å². The molecule has 0 saturated carbocycles. The van der Waals surface area contributed by atoms with Crippen LogP contribution in [0.25, 0.3) is 23.0 Å². The van der Waals surface area contributed by atoms with Crippen LogP contribution in [0, 0.1) is 6.92 Å². The van der Waals surface area contributed by atoms with E-state index in [2.05, 4.69) is 14.8 Å². The lowest BCUT2D eigenvalue weighted by Gasteiger charge is -2.06. The van der Waals surface area contributed by atoms with E-state index in [-0.39, 0.29) is 17.2 Å². The molecule has 3 aromatic carbocycles. The zero-order valence-corrected chi connectivity index (χ0v) is 20.1. The summed E-state index contributed by atoms with van der Waals surface area (Å²) < 4.78 is 41.7. The molecule has 0 unspecified atom stereocenters. The zero-order valence-electron chi connectivity index (χ0n) is 20.1. The van der Waals surface area contributed by atoms with Crippen LogP contribution in [0.3, 0.4) is 0 Å². The number of carbonyl (C=O) groups excluding carboxylic acids is 2. The second kappa shape index (κ2) is 10.2. The second-order valence-electron chi connectivity index (χ2n) is 8.40. The summed E-state index contributed by atoms with van der Waals surface area (Å²) in [6.45, 7) is 1.41. The lowest BCUT2D eigenvalue weighted by Crippen LogP contribution is -2.25. The number of fused-ring (bicyclic) bond motifs is 1. The summed E-state index contributed by atoms with van der Waals surface area (Å²) in [7, 11) is 0. The number of benzene rings is 3. The molecule has 1 aromatic heterocycles. The predicted octanol–water partition coefficient (Wildman–Crippen LogP) is 5.36. The number of hydrogen-bond acceptors (Lipinski definition) is 6. The number of amides is 1. The van der Waals surface area contributed by atoms with Gasteiger partial charge in [0.25, 0.3) is 5.91 Å². The first-order valence-electron chi connectivity index (χ1n) is 11.5. The number of halogens is 2. The Hall–Kier alpha value is -4.99. The highest BCUT2D eigenvalue weighted by atomic mass is 19.3. The van der Waals surface area contributed by atoms with Crippen molar-refractivity contribution >= 4 is 23.6 Å². The van der Waals surface area contributed by atoms with Crippen LogP contribution >= 0.6 is 0 Å². The number of carbonyl (C=O) groups is 2. The molecular formula is C28H21F2N3O5. The van der Waals surface area contributed by atoms with Crippen molar-refractivity contribution in [1.82, 2.24) is 9.78 Å². The number of nitrogens with zero attached hydrogens (tertiary/aromatic N) is 2. The summed E-state index contributed by atoms with van der Waals surface area (Å²) in [5, 5.41) is 7.15. The molecule has 2 heterocycles. The van der Waals surface area contributed by atoms with Gasteiger partial charge >= 0.3 is 12.3 Å². The van der Waals surface area contributed by atoms with Crippen molar-refractivity contribution in [3.05, 3.63) is 96.2 Å². The minimum atomic E-state index is -3.76. The summed E-state index contributed by atoms with van der Waals surface area (Å²) in [5.74, 6) is -1.76. The number of para-hydroxylation sites is 1. The number of aryl methyl sites for hydroxylation is 1. The molecule has 1 amide bonds. The van der Waals surface area contributed by atoms with E-state index in [0.717, 1.165) is 16.8 Å². The molecule has 0 fully saturated rings. The Bertz CT molecular complexity index is 1520. The first-order valence-corrected chi connectivity index (χ1v) is 11.5. The van der Waals surface area contributed by atoms with Gasteiger partial charge in [-0.3, -0.25) is 4.79 Å². The molecule has 0 saturated heterocycles. The van der Waals surface area contributed by atoms with Crippen molar-refractivity contribution < 1.29 is 32.6 Å². The zero-order chi connectivity index (χ0) is 26.7. The largest absolute Gasteiger partial charge is 0.586 e. The number of alkyl halides is 2. The topological polar surface area (TPSA) is 91.7 Å². The normalized spacial score (nSPS) is 13.4. The molecule has 0 atom stereocenters. The minimum Gasteiger partial charge on any atom is -0.452 e. The number of anilines is 1. The highest BCUT2D eigenvalue weighted by Crippen LogP contribution is 2.42. The molecule has 5 rings (SSSR count). The van der Waals surface area contributed by atoms with Gasteiger partial charge in [0.15, 0.2) is 18.1 Å². The van der Waals surface area contributed by atoms with Crippen molar-refractivity contribution in [1.29, 1.82) is 0 Å². The molecule has 1 N–H and O–H groups in total. The van der Waals surface area contributed by atoms with Crippen molar-refractivity contribution in [3.8, 4) is 28.4 Å². The lowest BCUT2D eigenvalue weighted by atomic mass is 10.1. The fourth-order valence-electron chi connectivity index (χ4n) is 3.72. The SMILES string of the molecule is Cc1ccc(-c2nn(-c3ccccc3)cc2/C=C/C(=O)OCC(=O)Nc2ccc3c(c2)OC(F)(F)O3)cc1. The maximum absolute atomic E-state index is 13.2. The molecule has 0 spiro atoms. The van der Waals surface area contributed by atoms with Crippen LogP contribution in [0.1, 0.15) is 11.1 Å². The Kier molecular flexibility index (Phi) is 6.61. The summed E-state index contributed by atoms with van der Waals surface area (Å²) in [4.78, 5) is 24.5. The standard InChI is InChI=1S/C28H21F2N3O5/c1-18-7-9-19(10-8-18)27-20(16-33(32-27)22-5-3-2-4-6-22)11-14-26(35)36-17-25(34)31-21-12-13-23-24(15-21)38-28(29,30)37-23/h2-16H,17H2,1H3,(H,31,34)/b14-11+. The van der Waals surface area contributed by atoms with Crippen molar-refractivity contribution in [2.45, 2.75) is 13.2 Å². The molecule has 0 radical (unpaired) electrons. The van der Waals surface area contributed by atoms with E-state index in [4.69, 9.17) is 9.84 Å². The monoisotopic (exact) mass is 517 g/mol. The fraction of sp³-hybridized carbons (Fsp3) is 0.107. The van der Waals surface area contributed by atoms with Crippen molar-refractivity contribution in [2.75, 3.05) is 11.9 Å². The van der Waals surface area contributed by atoms with E-state index in [0.29, 0.717) is 11.3 Å². The average Bonchev–Trinajstić information content (AvgIpc) is 3.46. The van der Waals surface area contributed by atoms with Crippen LogP contribution in [-0.4, -0.2) is 34.6 Å². The number of rotatable bonds is 7. The number of esters is 1. The van der Waals surface area contributed by atoms with Gasteiger partial charge in [-0.15, -0.1) is 8.78 Å². The molecule has 1 aliphatic rings. The molecule has 0 aliphatic carbocycles. The van der Waals surface area contributed by atoms with Crippen LogP contribution in [0.5, 0.6) is 11.5 Å². The highest BCUT2D eigenvalue weighted by Gasteiger charge is 2.43. The van der Waals surface area contributed by atoms with Crippen LogP contribution in [0.2, 0.25) is 0 Å². The van der Waals surface area contributed by atoms with Gasteiger partial charge in [0.2, 0.25) is 0 Å². The first kappa shape index (κ1) is 24.7. The van der Waals surface area contributed by atoms with Crippen LogP contribution < -0.4 is 14.8 Å². The van der Waals surface area contributed by atoms with Gasteiger partial charge in [0.05, 0.1) is 11.4 Å². The molecule has 192 valence electrons. The second-order valence-corrected chi connectivity index (χ2v) is 8.40. The highest BCUT2D eigenvalue weighted by molar-refractivity contribution is 5.95. The molecule has 8 nitrogen and oxygen atoms in total. The molecule has 10 heteroatoms. The number of ether oxygens (including phenoxy) is 3. The third kappa shape index (κ3) is 5.70. The molecule has 1 aliphatic heterocycles. The van der Waals surface area contributed by atoms with Crippen molar-refractivity contribution in [3.63, 3.8) is 0 Å². The summed E-state index contributed by atoms with van der Waals surface area (Å²) in [6, 6.07) is 21.2. The van der Waals surface area contributed by atoms with Crippen LogP contribution in [-0.2, 0) is 14.3 Å². The maximum Gasteiger partial charge on any atom is 0.586 e. The number of nitrogens with one attached hydrogen (secondary N) is 1.